The molecular formula is C9H12N2O6PS+. The van der Waals surface area contributed by atoms with E-state index in [-0.39, 0.29) is 13.0 Å². The van der Waals surface area contributed by atoms with Gasteiger partial charge in [0.25, 0.3) is 5.56 Å². The molecule has 19 heavy (non-hydrogen) atoms. The first-order valence-electron chi connectivity index (χ1n) is 5.41. The van der Waals surface area contributed by atoms with Crippen LogP contribution in [0.5, 0.6) is 0 Å². The Bertz CT molecular complexity index is 587. The molecule has 0 aromatic carbocycles. The topological polar surface area (TPSA) is 111 Å². The van der Waals surface area contributed by atoms with E-state index in [0.717, 1.165) is 0 Å². The summed E-state index contributed by atoms with van der Waals surface area (Å²) in [4.78, 5) is 24.6. The lowest BCUT2D eigenvalue weighted by molar-refractivity contribution is -0.0393. The Balaban J connectivity index is 2.09. The van der Waals surface area contributed by atoms with Crippen molar-refractivity contribution in [1.29, 1.82) is 0 Å². The second-order valence-electron chi connectivity index (χ2n) is 3.98. The molecule has 8 nitrogen and oxygen atoms in total. The fourth-order valence-electron chi connectivity index (χ4n) is 1.83. The van der Waals surface area contributed by atoms with Gasteiger partial charge in [0.1, 0.15) is 31.2 Å². The summed E-state index contributed by atoms with van der Waals surface area (Å²) < 4.78 is 22.1. The Morgan fingerprint density at radius 1 is 1.63 bits per heavy atom. The van der Waals surface area contributed by atoms with E-state index in [1.807, 2.05) is 0 Å². The van der Waals surface area contributed by atoms with Crippen LogP contribution in [0.25, 0.3) is 0 Å². The molecule has 1 fully saturated rings. The van der Waals surface area contributed by atoms with Crippen LogP contribution in [0.2, 0.25) is 0 Å². The van der Waals surface area contributed by atoms with Crippen molar-refractivity contribution in [3.8, 4) is 0 Å². The normalized spacial score (nSPS) is 27.5. The van der Waals surface area contributed by atoms with Crippen molar-refractivity contribution < 1.29 is 18.9 Å². The van der Waals surface area contributed by atoms with Gasteiger partial charge in [-0.1, -0.05) is 0 Å². The van der Waals surface area contributed by atoms with E-state index in [4.69, 9.17) is 9.26 Å². The summed E-state index contributed by atoms with van der Waals surface area (Å²) in [5.74, 6) is 0. The molecule has 0 aliphatic carbocycles. The van der Waals surface area contributed by atoms with Gasteiger partial charge in [-0.3, -0.25) is 14.3 Å². The van der Waals surface area contributed by atoms with Gasteiger partial charge < -0.3 is 9.84 Å². The largest absolute Gasteiger partial charge is 0.582 e. The average Bonchev–Trinajstić information content (AvgIpc) is 2.67. The molecule has 1 unspecified atom stereocenters. The molecule has 1 aliphatic heterocycles. The van der Waals surface area contributed by atoms with Gasteiger partial charge in [0.05, 0.1) is 6.10 Å². The SMILES string of the molecule is O=c1ccn([C@H]2C[C@H](O)[C@@H](CO[P+](=O)S)O2)c(=O)[nH]1. The first-order chi connectivity index (χ1) is 8.97. The first-order valence-corrected chi connectivity index (χ1v) is 7.74. The van der Waals surface area contributed by atoms with Crippen molar-refractivity contribution in [3.05, 3.63) is 33.1 Å². The van der Waals surface area contributed by atoms with Crippen LogP contribution in [0.3, 0.4) is 0 Å². The molecule has 0 amide bonds. The van der Waals surface area contributed by atoms with Crippen molar-refractivity contribution in [1.82, 2.24) is 9.55 Å². The van der Waals surface area contributed by atoms with Crippen LogP contribution < -0.4 is 11.2 Å². The molecule has 0 spiro atoms. The van der Waals surface area contributed by atoms with Crippen LogP contribution in [-0.4, -0.2) is 33.5 Å². The molecule has 0 radical (unpaired) electrons. The molecule has 104 valence electrons. The minimum absolute atomic E-state index is 0.0888. The lowest BCUT2D eigenvalue weighted by Gasteiger charge is -2.13. The van der Waals surface area contributed by atoms with Crippen LogP contribution in [0.4, 0.5) is 0 Å². The van der Waals surface area contributed by atoms with Gasteiger partial charge in [0, 0.05) is 18.7 Å². The van der Waals surface area contributed by atoms with Crippen LogP contribution >= 0.6 is 19.5 Å². The second-order valence-corrected chi connectivity index (χ2v) is 5.70. The highest BCUT2D eigenvalue weighted by molar-refractivity contribution is 8.39. The van der Waals surface area contributed by atoms with E-state index in [0.29, 0.717) is 0 Å². The number of thiol groups is 1. The molecule has 10 heteroatoms. The Morgan fingerprint density at radius 3 is 3.00 bits per heavy atom. The Hall–Kier alpha value is -0.990. The van der Waals surface area contributed by atoms with E-state index in [9.17, 15) is 19.3 Å². The maximum absolute atomic E-state index is 11.6. The number of hydrogen-bond acceptors (Lipinski definition) is 6. The quantitative estimate of drug-likeness (QED) is 0.524. The standard InChI is InChI=1S/C9H11N2O6PS/c12-5-3-8(17-6(5)4-16-18(15)19)11-2-1-7(13)10-9(11)14/h1-2,5-6,8,12H,3-4H2,(H-,10,13,14,15,19)/p+1/t5-,6+,8+/m0/s1. The maximum Gasteiger partial charge on any atom is 0.582 e. The Morgan fingerprint density at radius 2 is 2.37 bits per heavy atom. The van der Waals surface area contributed by atoms with Gasteiger partial charge in [-0.15, -0.1) is 4.52 Å². The van der Waals surface area contributed by atoms with Crippen molar-refractivity contribution in [2.24, 2.45) is 0 Å². The van der Waals surface area contributed by atoms with Gasteiger partial charge >= 0.3 is 12.9 Å². The predicted molar refractivity (Wildman–Crippen MR) is 68.4 cm³/mol. The van der Waals surface area contributed by atoms with Crippen molar-refractivity contribution >= 4 is 19.5 Å². The van der Waals surface area contributed by atoms with E-state index in [1.54, 1.807) is 0 Å². The smallest absolute Gasteiger partial charge is 0.390 e. The summed E-state index contributed by atoms with van der Waals surface area (Å²) in [5, 5.41) is 9.77. The molecule has 0 saturated carbocycles. The zero-order valence-corrected chi connectivity index (χ0v) is 11.4. The lowest BCUT2D eigenvalue weighted by Crippen LogP contribution is -2.31. The fourth-order valence-corrected chi connectivity index (χ4v) is 2.30. The number of nitrogens with one attached hydrogen (secondary N) is 1. The molecule has 1 aliphatic rings. The van der Waals surface area contributed by atoms with Crippen LogP contribution in [0.15, 0.2) is 21.9 Å². The molecule has 1 aromatic heterocycles. The Kier molecular flexibility index (Phi) is 4.54. The zero-order valence-electron chi connectivity index (χ0n) is 9.63. The zero-order chi connectivity index (χ0) is 14.0. The van der Waals surface area contributed by atoms with E-state index >= 15 is 0 Å². The van der Waals surface area contributed by atoms with Gasteiger partial charge in [0.2, 0.25) is 0 Å². The third-order valence-electron chi connectivity index (χ3n) is 2.71. The predicted octanol–water partition coefficient (Wildman–Crippen LogP) is -0.211. The number of aliphatic hydroxyl groups is 1. The monoisotopic (exact) mass is 307 g/mol. The first kappa shape index (κ1) is 14.4. The van der Waals surface area contributed by atoms with Crippen LogP contribution in [0, 0.1) is 0 Å². The summed E-state index contributed by atoms with van der Waals surface area (Å²) >= 11 is 3.58. The average molecular weight is 307 g/mol. The third-order valence-corrected chi connectivity index (χ3v) is 3.43. The molecule has 2 rings (SSSR count). The number of aromatic amines is 1. The van der Waals surface area contributed by atoms with Crippen molar-refractivity contribution in [2.45, 2.75) is 24.9 Å². The summed E-state index contributed by atoms with van der Waals surface area (Å²) in [6, 6.07) is 1.19. The molecule has 2 heterocycles. The minimum Gasteiger partial charge on any atom is -0.390 e. The highest BCUT2D eigenvalue weighted by atomic mass is 32.7. The second kappa shape index (κ2) is 5.98. The summed E-state index contributed by atoms with van der Waals surface area (Å²) in [7, 11) is -2.08. The number of H-pyrrole nitrogens is 1. The molecule has 1 saturated heterocycles. The molecule has 4 atom stereocenters. The number of aliphatic hydroxyl groups excluding tert-OH is 1. The maximum atomic E-state index is 11.6. The van der Waals surface area contributed by atoms with Gasteiger partial charge in [-0.2, -0.15) is 0 Å². The van der Waals surface area contributed by atoms with Gasteiger partial charge in [-0.05, 0) is 4.57 Å². The van der Waals surface area contributed by atoms with E-state index in [2.05, 4.69) is 17.2 Å². The fraction of sp³-hybridized carbons (Fsp3) is 0.556. The third kappa shape index (κ3) is 3.52. The van der Waals surface area contributed by atoms with Crippen molar-refractivity contribution in [2.75, 3.05) is 6.61 Å². The summed E-state index contributed by atoms with van der Waals surface area (Å²) in [6.45, 7) is -0.0888. The number of hydrogen-bond donors (Lipinski definition) is 3. The highest BCUT2D eigenvalue weighted by Crippen LogP contribution is 2.32. The molecule has 2 N–H and O–H groups in total. The summed E-state index contributed by atoms with van der Waals surface area (Å²) in [6.07, 6.45) is -0.794. The van der Waals surface area contributed by atoms with E-state index < -0.39 is 36.9 Å². The molecule has 0 bridgehead atoms. The van der Waals surface area contributed by atoms with Gasteiger partial charge in [0.15, 0.2) is 0 Å². The van der Waals surface area contributed by atoms with E-state index in [1.165, 1.54) is 16.8 Å². The lowest BCUT2D eigenvalue weighted by atomic mass is 10.2. The number of ether oxygens (including phenoxy) is 1. The van der Waals surface area contributed by atoms with Gasteiger partial charge in [-0.25, -0.2) is 4.79 Å². The molecule has 1 aromatic rings. The number of nitrogens with zero attached hydrogens (tertiary/aromatic N) is 1. The number of aromatic nitrogens is 2. The highest BCUT2D eigenvalue weighted by Gasteiger charge is 2.37. The summed E-state index contributed by atoms with van der Waals surface area (Å²) in [5.41, 5.74) is -1.13. The van der Waals surface area contributed by atoms with Crippen LogP contribution in [-0.2, 0) is 13.8 Å². The minimum atomic E-state index is -2.08. The number of rotatable bonds is 4. The van der Waals surface area contributed by atoms with Crippen molar-refractivity contribution in [3.63, 3.8) is 0 Å². The Labute approximate surface area is 113 Å². The molecular weight excluding hydrogens is 295 g/mol. The van der Waals surface area contributed by atoms with Crippen LogP contribution in [0.1, 0.15) is 12.6 Å².